The van der Waals surface area contributed by atoms with E-state index in [9.17, 15) is 5.11 Å². The smallest absolute Gasteiger partial charge is 0.165 e. The fourth-order valence-corrected chi connectivity index (χ4v) is 4.81. The Morgan fingerprint density at radius 1 is 1.21 bits per heavy atom. The molecule has 0 spiro atoms. The van der Waals surface area contributed by atoms with Gasteiger partial charge in [-0.05, 0) is 57.6 Å². The molecule has 0 amide bonds. The highest BCUT2D eigenvalue weighted by molar-refractivity contribution is 6.30. The molecule has 0 radical (unpaired) electrons. The minimum absolute atomic E-state index is 0.0534. The molecule has 198 valence electrons. The monoisotopic (exact) mass is 538 g/mol. The summed E-state index contributed by atoms with van der Waals surface area (Å²) in [7, 11) is 1.74. The Morgan fingerprint density at radius 3 is 2.76 bits per heavy atom. The number of hydrogen-bond donors (Lipinski definition) is 2. The first-order valence-electron chi connectivity index (χ1n) is 12.2. The molecule has 9 nitrogen and oxygen atoms in total. The van der Waals surface area contributed by atoms with Crippen LogP contribution < -0.4 is 15.0 Å². The van der Waals surface area contributed by atoms with Crippen LogP contribution in [0.4, 0.5) is 10.2 Å². The zero-order valence-corrected chi connectivity index (χ0v) is 22.3. The molecule has 11 heteroatoms. The first-order valence-corrected chi connectivity index (χ1v) is 12.6. The highest BCUT2D eigenvalue weighted by atomic mass is 35.5. The minimum Gasteiger partial charge on any atom is -0.491 e. The van der Waals surface area contributed by atoms with Gasteiger partial charge < -0.3 is 24.6 Å². The number of nitrogens with zero attached hydrogens (tertiary/aromatic N) is 5. The van der Waals surface area contributed by atoms with Crippen molar-refractivity contribution in [3.05, 3.63) is 69.6 Å². The molecule has 5 rings (SSSR count). The predicted octanol–water partition coefficient (Wildman–Crippen LogP) is 4.39. The molecular weight excluding hydrogens is 511 g/mol. The summed E-state index contributed by atoms with van der Waals surface area (Å²) in [4.78, 5) is 16.2. The lowest BCUT2D eigenvalue weighted by molar-refractivity contribution is 0.108. The number of halogens is 2. The highest BCUT2D eigenvalue weighted by Crippen LogP contribution is 2.38. The van der Waals surface area contributed by atoms with E-state index < -0.39 is 11.9 Å². The van der Waals surface area contributed by atoms with Crippen molar-refractivity contribution in [2.75, 3.05) is 25.1 Å². The number of aliphatic hydroxyl groups is 1. The van der Waals surface area contributed by atoms with E-state index in [1.807, 2.05) is 26.8 Å². The van der Waals surface area contributed by atoms with Crippen molar-refractivity contribution >= 4 is 17.4 Å². The Hall–Kier alpha value is -3.60. The first kappa shape index (κ1) is 26.0. The Kier molecular flexibility index (Phi) is 7.29. The number of aliphatic hydroxyl groups excluding tert-OH is 1. The van der Waals surface area contributed by atoms with E-state index in [2.05, 4.69) is 20.4 Å². The van der Waals surface area contributed by atoms with Crippen LogP contribution in [0.15, 0.2) is 35.0 Å². The fraction of sp³-hybridized carbons (Fsp3) is 0.333. The molecule has 1 atom stereocenters. The topological polar surface area (TPSA) is 109 Å². The van der Waals surface area contributed by atoms with Gasteiger partial charge in [-0.15, -0.1) is 0 Å². The number of ether oxygens (including phenoxy) is 1. The standard InChI is InChI=1S/C27H28ClFN6O3/c1-14-25(24-15(2)34-38-16(24)3)32-26(21-8-20(5-6-22(21)29)37-13-19(36)10-30-4)33-27(14)35-11-17-7-18(28)9-31-23(17)12-35/h5-9,19,30,36H,10-13H2,1-4H3. The summed E-state index contributed by atoms with van der Waals surface area (Å²) in [5, 5.41) is 17.6. The van der Waals surface area contributed by atoms with Crippen LogP contribution in [0.5, 0.6) is 5.75 Å². The number of likely N-dealkylation sites (N-methyl/N-ethyl adjacent to an activating group) is 1. The number of aromatic nitrogens is 4. The summed E-state index contributed by atoms with van der Waals surface area (Å²) in [6.45, 7) is 7.10. The first-order chi connectivity index (χ1) is 18.2. The molecule has 2 N–H and O–H groups in total. The summed E-state index contributed by atoms with van der Waals surface area (Å²) in [5.74, 6) is 1.35. The molecule has 0 saturated carbocycles. The summed E-state index contributed by atoms with van der Waals surface area (Å²) >= 11 is 6.18. The van der Waals surface area contributed by atoms with Crippen LogP contribution in [0.2, 0.25) is 5.02 Å². The van der Waals surface area contributed by atoms with E-state index >= 15 is 4.39 Å². The van der Waals surface area contributed by atoms with E-state index in [0.717, 1.165) is 22.4 Å². The summed E-state index contributed by atoms with van der Waals surface area (Å²) in [6.07, 6.45) is 0.923. The summed E-state index contributed by atoms with van der Waals surface area (Å²) in [6, 6.07) is 6.28. The Bertz CT molecular complexity index is 1470. The molecule has 3 aromatic heterocycles. The zero-order valence-electron chi connectivity index (χ0n) is 21.5. The second-order valence-electron chi connectivity index (χ2n) is 9.32. The number of rotatable bonds is 8. The van der Waals surface area contributed by atoms with Crippen LogP contribution in [0.3, 0.4) is 0 Å². The largest absolute Gasteiger partial charge is 0.491 e. The van der Waals surface area contributed by atoms with Crippen LogP contribution in [0, 0.1) is 26.6 Å². The Labute approximate surface area is 224 Å². The average Bonchev–Trinajstić information content (AvgIpc) is 3.46. The molecule has 38 heavy (non-hydrogen) atoms. The van der Waals surface area contributed by atoms with Gasteiger partial charge in [0.05, 0.1) is 39.8 Å². The van der Waals surface area contributed by atoms with Crippen molar-refractivity contribution in [3.8, 4) is 28.4 Å². The maximum absolute atomic E-state index is 15.2. The zero-order chi connectivity index (χ0) is 27.0. The third kappa shape index (κ3) is 5.07. The van der Waals surface area contributed by atoms with Crippen LogP contribution in [-0.2, 0) is 13.1 Å². The molecule has 1 aliphatic heterocycles. The second kappa shape index (κ2) is 10.6. The second-order valence-corrected chi connectivity index (χ2v) is 9.76. The van der Waals surface area contributed by atoms with Crippen molar-refractivity contribution in [2.45, 2.75) is 40.0 Å². The van der Waals surface area contributed by atoms with E-state index in [4.69, 9.17) is 30.8 Å². The maximum atomic E-state index is 15.2. The molecule has 0 saturated heterocycles. The third-order valence-corrected chi connectivity index (χ3v) is 6.69. The van der Waals surface area contributed by atoms with Crippen molar-refractivity contribution in [1.82, 2.24) is 25.4 Å². The number of aryl methyl sites for hydroxylation is 2. The molecule has 4 heterocycles. The number of benzene rings is 1. The number of hydrogen-bond acceptors (Lipinski definition) is 9. The number of anilines is 1. The fourth-order valence-electron chi connectivity index (χ4n) is 4.63. The number of pyridine rings is 1. The van der Waals surface area contributed by atoms with E-state index in [1.54, 1.807) is 19.3 Å². The van der Waals surface area contributed by atoms with Gasteiger partial charge in [-0.2, -0.15) is 0 Å². The molecule has 1 unspecified atom stereocenters. The van der Waals surface area contributed by atoms with Gasteiger partial charge in [-0.1, -0.05) is 16.8 Å². The van der Waals surface area contributed by atoms with Gasteiger partial charge in [0.15, 0.2) is 5.82 Å². The van der Waals surface area contributed by atoms with Crippen LogP contribution >= 0.6 is 11.6 Å². The van der Waals surface area contributed by atoms with Crippen molar-refractivity contribution < 1.29 is 18.8 Å². The van der Waals surface area contributed by atoms with Gasteiger partial charge in [-0.25, -0.2) is 14.4 Å². The van der Waals surface area contributed by atoms with Gasteiger partial charge >= 0.3 is 0 Å². The van der Waals surface area contributed by atoms with Crippen molar-refractivity contribution in [3.63, 3.8) is 0 Å². The Morgan fingerprint density at radius 2 is 2.03 bits per heavy atom. The van der Waals surface area contributed by atoms with E-state index in [0.29, 0.717) is 53.4 Å². The van der Waals surface area contributed by atoms with E-state index in [1.165, 1.54) is 12.1 Å². The summed E-state index contributed by atoms with van der Waals surface area (Å²) < 4.78 is 26.4. The highest BCUT2D eigenvalue weighted by Gasteiger charge is 2.28. The van der Waals surface area contributed by atoms with Crippen LogP contribution in [0.25, 0.3) is 22.6 Å². The normalized spacial score (nSPS) is 13.6. The molecule has 0 bridgehead atoms. The Balaban J connectivity index is 1.60. The number of fused-ring (bicyclic) bond motifs is 1. The lowest BCUT2D eigenvalue weighted by atomic mass is 10.0. The van der Waals surface area contributed by atoms with Gasteiger partial charge in [0.2, 0.25) is 0 Å². The molecule has 0 aliphatic carbocycles. The van der Waals surface area contributed by atoms with Crippen LogP contribution in [-0.4, -0.2) is 51.5 Å². The molecular formula is C27H28ClFN6O3. The summed E-state index contributed by atoms with van der Waals surface area (Å²) in [5.41, 5.74) is 4.94. The lowest BCUT2D eigenvalue weighted by Gasteiger charge is -2.21. The molecule has 0 fully saturated rings. The SMILES string of the molecule is CNCC(O)COc1ccc(F)c(-c2nc(-c3c(C)noc3C)c(C)c(N3Cc4cc(Cl)cnc4C3)n2)c1. The molecule has 1 aliphatic rings. The van der Waals surface area contributed by atoms with Crippen molar-refractivity contribution in [2.24, 2.45) is 0 Å². The van der Waals surface area contributed by atoms with Gasteiger partial charge in [0.25, 0.3) is 0 Å². The van der Waals surface area contributed by atoms with Gasteiger partial charge in [0.1, 0.15) is 35.9 Å². The molecule has 4 aromatic rings. The van der Waals surface area contributed by atoms with Gasteiger partial charge in [0, 0.05) is 24.8 Å². The number of nitrogens with one attached hydrogen (secondary N) is 1. The lowest BCUT2D eigenvalue weighted by Crippen LogP contribution is -2.29. The average molecular weight is 539 g/mol. The quantitative estimate of drug-likeness (QED) is 0.337. The third-order valence-electron chi connectivity index (χ3n) is 6.48. The van der Waals surface area contributed by atoms with E-state index in [-0.39, 0.29) is 18.0 Å². The minimum atomic E-state index is -0.708. The predicted molar refractivity (Wildman–Crippen MR) is 142 cm³/mol. The van der Waals surface area contributed by atoms with Crippen LogP contribution in [0.1, 0.15) is 28.3 Å². The van der Waals surface area contributed by atoms with Crippen molar-refractivity contribution in [1.29, 1.82) is 0 Å². The maximum Gasteiger partial charge on any atom is 0.165 e. The molecule has 1 aromatic carbocycles. The van der Waals surface area contributed by atoms with Gasteiger partial charge in [-0.3, -0.25) is 4.98 Å².